The van der Waals surface area contributed by atoms with E-state index in [0.29, 0.717) is 18.5 Å². The SMILES string of the molecule is C[C@@H]1CCCC[C@@H]1NC(=O)C[NH+]1CCC(C(=O)Nc2ccccc2)CC1. The maximum atomic E-state index is 12.4. The Labute approximate surface area is 156 Å². The molecule has 0 aromatic heterocycles. The number of anilines is 1. The summed E-state index contributed by atoms with van der Waals surface area (Å²) in [5, 5.41) is 6.24. The lowest BCUT2D eigenvalue weighted by atomic mass is 9.86. The number of para-hydroxylation sites is 1. The topological polar surface area (TPSA) is 62.6 Å². The van der Waals surface area contributed by atoms with Crippen LogP contribution in [0.1, 0.15) is 45.4 Å². The van der Waals surface area contributed by atoms with E-state index in [1.807, 2.05) is 30.3 Å². The number of benzene rings is 1. The minimum absolute atomic E-state index is 0.0559. The third-order valence-electron chi connectivity index (χ3n) is 5.97. The van der Waals surface area contributed by atoms with Crippen molar-refractivity contribution >= 4 is 17.5 Å². The van der Waals surface area contributed by atoms with Gasteiger partial charge in [-0.05, 0) is 30.9 Å². The molecular formula is C21H32N3O2+. The van der Waals surface area contributed by atoms with Crippen molar-refractivity contribution in [1.82, 2.24) is 5.32 Å². The lowest BCUT2D eigenvalue weighted by Crippen LogP contribution is -3.14. The number of amides is 2. The van der Waals surface area contributed by atoms with Crippen LogP contribution in [0.4, 0.5) is 5.69 Å². The molecule has 1 aromatic carbocycles. The second-order valence-corrected chi connectivity index (χ2v) is 7.99. The number of hydrogen-bond acceptors (Lipinski definition) is 2. The van der Waals surface area contributed by atoms with Crippen LogP contribution in [0.2, 0.25) is 0 Å². The molecule has 2 atom stereocenters. The van der Waals surface area contributed by atoms with Gasteiger partial charge >= 0.3 is 0 Å². The van der Waals surface area contributed by atoms with Crippen LogP contribution in [0.3, 0.4) is 0 Å². The van der Waals surface area contributed by atoms with E-state index in [9.17, 15) is 9.59 Å². The first-order valence-electron chi connectivity index (χ1n) is 10.1. The van der Waals surface area contributed by atoms with Gasteiger partial charge in [0.05, 0.1) is 13.1 Å². The van der Waals surface area contributed by atoms with E-state index in [4.69, 9.17) is 0 Å². The zero-order valence-electron chi connectivity index (χ0n) is 15.8. The first kappa shape index (κ1) is 18.9. The van der Waals surface area contributed by atoms with E-state index in [0.717, 1.165) is 38.0 Å². The molecule has 1 aliphatic heterocycles. The van der Waals surface area contributed by atoms with E-state index in [1.165, 1.54) is 24.2 Å². The molecule has 2 amide bonds. The number of likely N-dealkylation sites (tertiary alicyclic amines) is 1. The molecule has 0 spiro atoms. The molecule has 5 heteroatoms. The Kier molecular flexibility index (Phi) is 6.67. The van der Waals surface area contributed by atoms with Gasteiger partial charge in [0.2, 0.25) is 5.91 Å². The zero-order chi connectivity index (χ0) is 18.4. The zero-order valence-corrected chi connectivity index (χ0v) is 15.8. The van der Waals surface area contributed by atoms with Crippen LogP contribution in [0.5, 0.6) is 0 Å². The molecule has 3 N–H and O–H groups in total. The first-order valence-corrected chi connectivity index (χ1v) is 10.1. The number of nitrogens with one attached hydrogen (secondary N) is 3. The van der Waals surface area contributed by atoms with E-state index < -0.39 is 0 Å². The lowest BCUT2D eigenvalue weighted by molar-refractivity contribution is -0.897. The first-order chi connectivity index (χ1) is 12.6. The summed E-state index contributed by atoms with van der Waals surface area (Å²) < 4.78 is 0. The van der Waals surface area contributed by atoms with Crippen molar-refractivity contribution in [3.05, 3.63) is 30.3 Å². The molecular weight excluding hydrogens is 326 g/mol. The summed E-state index contributed by atoms with van der Waals surface area (Å²) in [6, 6.07) is 9.97. The number of carbonyl (C=O) groups excluding carboxylic acids is 2. The molecule has 0 bridgehead atoms. The van der Waals surface area contributed by atoms with E-state index in [1.54, 1.807) is 0 Å². The molecule has 1 saturated heterocycles. The van der Waals surface area contributed by atoms with Crippen LogP contribution in [-0.2, 0) is 9.59 Å². The number of quaternary nitrogens is 1. The van der Waals surface area contributed by atoms with Crippen LogP contribution in [0.15, 0.2) is 30.3 Å². The summed E-state index contributed by atoms with van der Waals surface area (Å²) >= 11 is 0. The molecule has 2 fully saturated rings. The molecule has 1 aliphatic carbocycles. The molecule has 1 saturated carbocycles. The van der Waals surface area contributed by atoms with Crippen molar-refractivity contribution < 1.29 is 14.5 Å². The van der Waals surface area contributed by atoms with Crippen molar-refractivity contribution in [2.45, 2.75) is 51.5 Å². The van der Waals surface area contributed by atoms with E-state index >= 15 is 0 Å². The molecule has 3 rings (SSSR count). The normalized spacial score (nSPS) is 29.0. The average Bonchev–Trinajstić information content (AvgIpc) is 2.65. The van der Waals surface area contributed by atoms with Crippen LogP contribution in [-0.4, -0.2) is 37.5 Å². The van der Waals surface area contributed by atoms with Crippen molar-refractivity contribution in [3.63, 3.8) is 0 Å². The highest BCUT2D eigenvalue weighted by Gasteiger charge is 2.30. The van der Waals surface area contributed by atoms with Crippen LogP contribution < -0.4 is 15.5 Å². The smallest absolute Gasteiger partial charge is 0.275 e. The number of carbonyl (C=O) groups is 2. The van der Waals surface area contributed by atoms with Crippen molar-refractivity contribution in [2.75, 3.05) is 25.0 Å². The molecule has 0 unspecified atom stereocenters. The summed E-state index contributed by atoms with van der Waals surface area (Å²) in [6.07, 6.45) is 6.55. The van der Waals surface area contributed by atoms with Gasteiger partial charge < -0.3 is 15.5 Å². The minimum atomic E-state index is 0.0559. The highest BCUT2D eigenvalue weighted by Crippen LogP contribution is 2.23. The third-order valence-corrected chi connectivity index (χ3v) is 5.97. The lowest BCUT2D eigenvalue weighted by Gasteiger charge is -2.31. The molecule has 2 aliphatic rings. The van der Waals surface area contributed by atoms with Crippen molar-refractivity contribution in [3.8, 4) is 0 Å². The van der Waals surface area contributed by atoms with Gasteiger partial charge in [0.1, 0.15) is 0 Å². The summed E-state index contributed by atoms with van der Waals surface area (Å²) in [4.78, 5) is 26.1. The Hall–Kier alpha value is -1.88. The van der Waals surface area contributed by atoms with Crippen LogP contribution >= 0.6 is 0 Å². The molecule has 5 nitrogen and oxygen atoms in total. The molecule has 0 radical (unpaired) electrons. The van der Waals surface area contributed by atoms with Gasteiger partial charge in [0.15, 0.2) is 6.54 Å². The molecule has 26 heavy (non-hydrogen) atoms. The van der Waals surface area contributed by atoms with Crippen molar-refractivity contribution in [1.29, 1.82) is 0 Å². The van der Waals surface area contributed by atoms with Crippen molar-refractivity contribution in [2.24, 2.45) is 11.8 Å². The second kappa shape index (κ2) is 9.17. The monoisotopic (exact) mass is 358 g/mol. The number of hydrogen-bond donors (Lipinski definition) is 3. The van der Waals surface area contributed by atoms with Crippen LogP contribution in [0.25, 0.3) is 0 Å². The van der Waals surface area contributed by atoms with E-state index in [-0.39, 0.29) is 17.7 Å². The quantitative estimate of drug-likeness (QED) is 0.749. The Balaban J connectivity index is 1.39. The fourth-order valence-corrected chi connectivity index (χ4v) is 4.25. The predicted molar refractivity (Wildman–Crippen MR) is 103 cm³/mol. The van der Waals surface area contributed by atoms with Gasteiger partial charge in [-0.2, -0.15) is 0 Å². The molecule has 1 aromatic rings. The highest BCUT2D eigenvalue weighted by molar-refractivity contribution is 5.92. The highest BCUT2D eigenvalue weighted by atomic mass is 16.2. The fourth-order valence-electron chi connectivity index (χ4n) is 4.25. The Morgan fingerprint density at radius 3 is 2.42 bits per heavy atom. The van der Waals surface area contributed by atoms with Gasteiger partial charge in [-0.3, -0.25) is 9.59 Å². The van der Waals surface area contributed by atoms with Gasteiger partial charge in [-0.15, -0.1) is 0 Å². The minimum Gasteiger partial charge on any atom is -0.348 e. The van der Waals surface area contributed by atoms with Gasteiger partial charge in [-0.25, -0.2) is 0 Å². The molecule has 1 heterocycles. The summed E-state index contributed by atoms with van der Waals surface area (Å²) in [5.74, 6) is 0.928. The Morgan fingerprint density at radius 1 is 1.04 bits per heavy atom. The number of piperidine rings is 1. The standard InChI is InChI=1S/C21H31N3O2/c1-16-7-5-6-10-19(16)23-20(25)15-24-13-11-17(12-14-24)21(26)22-18-8-3-2-4-9-18/h2-4,8-9,16-17,19H,5-7,10-15H2,1H3,(H,22,26)(H,23,25)/p+1/t16-,19+/m1/s1. The fraction of sp³-hybridized carbons (Fsp3) is 0.619. The average molecular weight is 359 g/mol. The van der Waals surface area contributed by atoms with Crippen LogP contribution in [0, 0.1) is 11.8 Å². The Morgan fingerprint density at radius 2 is 1.73 bits per heavy atom. The maximum Gasteiger partial charge on any atom is 0.275 e. The predicted octanol–water partition coefficient (Wildman–Crippen LogP) is 1.61. The molecule has 142 valence electrons. The van der Waals surface area contributed by atoms with Gasteiger partial charge in [0, 0.05) is 30.5 Å². The van der Waals surface area contributed by atoms with Gasteiger partial charge in [-0.1, -0.05) is 38.0 Å². The summed E-state index contributed by atoms with van der Waals surface area (Å²) in [6.45, 7) is 4.56. The largest absolute Gasteiger partial charge is 0.348 e. The van der Waals surface area contributed by atoms with Gasteiger partial charge in [0.25, 0.3) is 5.91 Å². The summed E-state index contributed by atoms with van der Waals surface area (Å²) in [7, 11) is 0. The number of rotatable bonds is 5. The maximum absolute atomic E-state index is 12.4. The summed E-state index contributed by atoms with van der Waals surface area (Å²) in [5.41, 5.74) is 0.855. The third kappa shape index (κ3) is 5.31. The van der Waals surface area contributed by atoms with E-state index in [2.05, 4.69) is 17.6 Å². The Bertz CT molecular complexity index is 597. The second-order valence-electron chi connectivity index (χ2n) is 7.99.